The molecular weight excluding hydrogens is 998 g/mol. The van der Waals surface area contributed by atoms with E-state index >= 15 is 0 Å². The molecule has 0 fully saturated rings. The fourth-order valence-electron chi connectivity index (χ4n) is 6.51. The highest BCUT2D eigenvalue weighted by Gasteiger charge is 2.73. The number of ether oxygens (including phenoxy) is 5. The fourth-order valence-corrected chi connectivity index (χ4v) is 6.51. The summed E-state index contributed by atoms with van der Waals surface area (Å²) in [5.74, 6) is 0. The molecule has 0 aromatic heterocycles. The van der Waals surface area contributed by atoms with Gasteiger partial charge in [-0.25, -0.2) is 0 Å². The zero-order valence-corrected chi connectivity index (χ0v) is 40.5. The lowest BCUT2D eigenvalue weighted by Gasteiger charge is -2.37. The molecule has 0 aliphatic rings. The molecule has 0 radical (unpaired) electrons. The average molecular weight is 1050 g/mol. The van der Waals surface area contributed by atoms with E-state index in [0.29, 0.717) is 7.11 Å². The van der Waals surface area contributed by atoms with Crippen molar-refractivity contribution in [1.29, 1.82) is 0 Å². The number of benzene rings is 4. The van der Waals surface area contributed by atoms with Crippen molar-refractivity contribution >= 4 is 0 Å². The molecule has 0 heterocycles. The average Bonchev–Trinajstić information content (AvgIpc) is 3.24. The summed E-state index contributed by atoms with van der Waals surface area (Å²) in [6.45, 7) is 9.73. The number of alkyl halides is 18. The smallest absolute Gasteiger partial charge is 0.364 e. The molecule has 402 valence electrons. The Hall–Kier alpha value is -4.58. The number of rotatable bonds is 10. The molecule has 0 saturated carbocycles. The highest BCUT2D eigenvalue weighted by atomic mass is 19.4. The molecule has 4 aromatic carbocycles. The summed E-state index contributed by atoms with van der Waals surface area (Å²) in [6, 6.07) is 19.9. The van der Waals surface area contributed by atoms with Crippen molar-refractivity contribution in [2.45, 2.75) is 120 Å². The highest BCUT2D eigenvalue weighted by molar-refractivity contribution is 5.38. The van der Waals surface area contributed by atoms with Crippen molar-refractivity contribution in [3.05, 3.63) is 141 Å². The number of aryl methyl sites for hydroxylation is 4. The first-order chi connectivity index (χ1) is 31.9. The van der Waals surface area contributed by atoms with Crippen LogP contribution in [0.5, 0.6) is 0 Å². The predicted molar refractivity (Wildman–Crippen MR) is 227 cm³/mol. The second-order valence-corrected chi connectivity index (χ2v) is 16.5. The van der Waals surface area contributed by atoms with Crippen LogP contribution in [0, 0.1) is 27.7 Å². The monoisotopic (exact) mass is 1050 g/mol. The van der Waals surface area contributed by atoms with Crippen LogP contribution in [0.1, 0.15) is 77.8 Å². The summed E-state index contributed by atoms with van der Waals surface area (Å²) in [6.07, 6.45) is -29.6. The van der Waals surface area contributed by atoms with Gasteiger partial charge in [-0.1, -0.05) is 102 Å². The van der Waals surface area contributed by atoms with Gasteiger partial charge < -0.3 is 23.7 Å². The normalized spacial score (nSPS) is 16.3. The third kappa shape index (κ3) is 13.9. The van der Waals surface area contributed by atoms with E-state index in [1.807, 2.05) is 6.92 Å². The van der Waals surface area contributed by atoms with Crippen LogP contribution in [0.15, 0.2) is 91.0 Å². The van der Waals surface area contributed by atoms with Gasteiger partial charge in [-0.05, 0) is 89.3 Å². The predicted octanol–water partition coefficient (Wildman–Crippen LogP) is 15.6. The number of methoxy groups -OCH3 is 5. The third-order valence-corrected chi connectivity index (χ3v) is 11.8. The summed E-state index contributed by atoms with van der Waals surface area (Å²) in [5.41, 5.74) is -14.0. The van der Waals surface area contributed by atoms with Gasteiger partial charge in [0.05, 0.1) is 0 Å². The Morgan fingerprint density at radius 2 is 0.634 bits per heavy atom. The Kier molecular flexibility index (Phi) is 21.0. The maximum atomic E-state index is 13.3. The standard InChI is InChI=1S/C15H18F6O2.C11H10F6O.2C11H13F3O/c1-9-6-10(12(2,22-4)14(16,17)18)8-11(7-9)13(3,23-5)15(19,20)21;1-7-5-3-4-6-8(7)9(18-2,10(12,13)14)11(15,16)17;1-8-4-6-9(7-5-8)10(2,15-3)11(12,13)14;1-8-5-4-6-9(7-8)10(2,15-3)11(12,13)14/h6-8H,1-5H3;3-6H,1-2H3;2*4-7H,1-3H3. The van der Waals surface area contributed by atoms with Crippen LogP contribution in [0.2, 0.25) is 0 Å². The summed E-state index contributed by atoms with van der Waals surface area (Å²) in [5, 5.41) is 0. The molecule has 5 nitrogen and oxygen atoms in total. The highest BCUT2D eigenvalue weighted by Crippen LogP contribution is 2.53. The second kappa shape index (κ2) is 23.1. The van der Waals surface area contributed by atoms with Gasteiger partial charge in [0, 0.05) is 41.1 Å². The van der Waals surface area contributed by atoms with Crippen LogP contribution in [0.3, 0.4) is 0 Å². The summed E-state index contributed by atoms with van der Waals surface area (Å²) in [7, 11) is 4.24. The molecule has 0 aliphatic heterocycles. The minimum atomic E-state index is -5.61. The molecule has 0 spiro atoms. The second-order valence-electron chi connectivity index (χ2n) is 16.5. The van der Waals surface area contributed by atoms with Crippen molar-refractivity contribution in [2.24, 2.45) is 0 Å². The van der Waals surface area contributed by atoms with E-state index in [2.05, 4.69) is 23.7 Å². The van der Waals surface area contributed by atoms with E-state index in [9.17, 15) is 79.0 Å². The minimum absolute atomic E-state index is 0.114. The first kappa shape index (κ1) is 64.4. The Morgan fingerprint density at radius 3 is 0.944 bits per heavy atom. The first-order valence-electron chi connectivity index (χ1n) is 20.4. The largest absolute Gasteiger partial charge is 0.430 e. The zero-order chi connectivity index (χ0) is 55.8. The Bertz CT molecular complexity index is 2240. The molecule has 4 atom stereocenters. The van der Waals surface area contributed by atoms with Crippen molar-refractivity contribution in [3.63, 3.8) is 0 Å². The van der Waals surface area contributed by atoms with E-state index in [1.165, 1.54) is 50.2 Å². The zero-order valence-electron chi connectivity index (χ0n) is 40.5. The van der Waals surface area contributed by atoms with Gasteiger partial charge >= 0.3 is 37.1 Å². The lowest BCUT2D eigenvalue weighted by molar-refractivity contribution is -0.383. The van der Waals surface area contributed by atoms with Gasteiger partial charge in [0.1, 0.15) is 0 Å². The van der Waals surface area contributed by atoms with Crippen LogP contribution in [0.4, 0.5) is 79.0 Å². The molecular formula is C48H54F18O5. The lowest BCUT2D eigenvalue weighted by Crippen LogP contribution is -2.55. The SMILES string of the molecule is COC(C)(c1cc(C)cc(C(C)(OC)C(F)(F)F)c1)C(F)(F)F.COC(C)(c1ccc(C)cc1)C(F)(F)F.COC(C)(c1cccc(C)c1)C(F)(F)F.COC(c1ccccc1C)(C(F)(F)F)C(F)(F)F. The van der Waals surface area contributed by atoms with Gasteiger partial charge in [0.25, 0.3) is 5.60 Å². The Labute approximate surface area is 399 Å². The fraction of sp³-hybridized carbons (Fsp3) is 0.500. The van der Waals surface area contributed by atoms with Crippen molar-refractivity contribution in [1.82, 2.24) is 0 Å². The van der Waals surface area contributed by atoms with Crippen LogP contribution in [0.25, 0.3) is 0 Å². The van der Waals surface area contributed by atoms with Crippen LogP contribution in [-0.4, -0.2) is 72.6 Å². The maximum Gasteiger partial charge on any atom is 0.430 e. The van der Waals surface area contributed by atoms with Gasteiger partial charge in [0.2, 0.25) is 0 Å². The van der Waals surface area contributed by atoms with E-state index < -0.39 is 81.8 Å². The molecule has 0 bridgehead atoms. The van der Waals surface area contributed by atoms with Crippen LogP contribution >= 0.6 is 0 Å². The van der Waals surface area contributed by atoms with Crippen molar-refractivity contribution < 1.29 is 103 Å². The minimum Gasteiger partial charge on any atom is -0.364 e. The van der Waals surface area contributed by atoms with Crippen LogP contribution < -0.4 is 0 Å². The van der Waals surface area contributed by atoms with Crippen molar-refractivity contribution in [2.75, 3.05) is 35.5 Å². The summed E-state index contributed by atoms with van der Waals surface area (Å²) >= 11 is 0. The van der Waals surface area contributed by atoms with Gasteiger partial charge in [-0.15, -0.1) is 0 Å². The lowest BCUT2D eigenvalue weighted by atomic mass is 9.86. The third-order valence-electron chi connectivity index (χ3n) is 11.8. The number of hydrogen-bond donors (Lipinski definition) is 0. The molecule has 71 heavy (non-hydrogen) atoms. The topological polar surface area (TPSA) is 46.2 Å². The summed E-state index contributed by atoms with van der Waals surface area (Å²) in [4.78, 5) is 0. The van der Waals surface area contributed by atoms with Gasteiger partial charge in [0.15, 0.2) is 22.4 Å². The molecule has 4 rings (SSSR count). The quantitative estimate of drug-likeness (QED) is 0.148. The molecule has 4 unspecified atom stereocenters. The van der Waals surface area contributed by atoms with E-state index in [0.717, 1.165) is 97.6 Å². The summed E-state index contributed by atoms with van der Waals surface area (Å²) < 4.78 is 256. The Morgan fingerprint density at radius 1 is 0.296 bits per heavy atom. The van der Waals surface area contributed by atoms with Crippen molar-refractivity contribution in [3.8, 4) is 0 Å². The molecule has 4 aromatic rings. The number of hydrogen-bond acceptors (Lipinski definition) is 5. The number of halogens is 18. The first-order valence-corrected chi connectivity index (χ1v) is 20.4. The van der Waals surface area contributed by atoms with Crippen LogP contribution in [-0.2, 0) is 51.7 Å². The maximum absolute atomic E-state index is 13.3. The van der Waals surface area contributed by atoms with Gasteiger partial charge in [-0.3, -0.25) is 0 Å². The molecule has 0 aliphatic carbocycles. The van der Waals surface area contributed by atoms with Gasteiger partial charge in [-0.2, -0.15) is 79.0 Å². The molecule has 23 heteroatoms. The Balaban J connectivity index is 0.000000481. The van der Waals surface area contributed by atoms with E-state index in [4.69, 9.17) is 0 Å². The van der Waals surface area contributed by atoms with E-state index in [-0.39, 0.29) is 22.3 Å². The molecule has 0 amide bonds. The van der Waals surface area contributed by atoms with E-state index in [1.54, 1.807) is 31.2 Å². The molecule has 0 saturated heterocycles. The molecule has 0 N–H and O–H groups in total.